The molecule has 0 spiro atoms. The molecule has 2 N–H and O–H groups in total. The number of carbonyl (C=O) groups is 3. The molecule has 3 atom stereocenters. The van der Waals surface area contributed by atoms with Gasteiger partial charge in [0.15, 0.2) is 6.10 Å². The average Bonchev–Trinajstić information content (AvgIpc) is 3.39. The van der Waals surface area contributed by atoms with Crippen LogP contribution < -0.4 is 0 Å². The Morgan fingerprint density at radius 3 is 1.12 bits per heavy atom. The summed E-state index contributed by atoms with van der Waals surface area (Å²) in [7, 11) is -4.76. The summed E-state index contributed by atoms with van der Waals surface area (Å²) in [5, 5.41) is 9.82. The van der Waals surface area contributed by atoms with Gasteiger partial charge in [0.25, 0.3) is 0 Å². The molecule has 0 amide bonds. The summed E-state index contributed by atoms with van der Waals surface area (Å²) >= 11 is 0. The van der Waals surface area contributed by atoms with Gasteiger partial charge in [-0.3, -0.25) is 23.4 Å². The molecule has 11 nitrogen and oxygen atoms in total. The van der Waals surface area contributed by atoms with Gasteiger partial charge in [0.1, 0.15) is 12.7 Å². The van der Waals surface area contributed by atoms with Crippen molar-refractivity contribution < 1.29 is 52.2 Å². The van der Waals surface area contributed by atoms with E-state index in [1.165, 1.54) is 51.4 Å². The highest BCUT2D eigenvalue weighted by atomic mass is 31.2. The van der Waals surface area contributed by atoms with E-state index in [1.807, 2.05) is 0 Å². The SMILES string of the molecule is CC/C=C\C/C=C\C/C=C\CCCCCCCC(=O)OC(CO)COP(=O)(O)OCC(COC(=O)CCCCCCC/C=C\CCCCCC)OC(=O)CCCCCCCC/C=C\C/C=C\C/C=C\CCCCC. The van der Waals surface area contributed by atoms with Crippen LogP contribution in [0.2, 0.25) is 0 Å². The topological polar surface area (TPSA) is 155 Å². The first-order valence-corrected chi connectivity index (χ1v) is 31.0. The summed E-state index contributed by atoms with van der Waals surface area (Å²) in [6.07, 6.45) is 63.9. The lowest BCUT2D eigenvalue weighted by atomic mass is 10.1. The summed E-state index contributed by atoms with van der Waals surface area (Å²) in [5.41, 5.74) is 0. The second-order valence-corrected chi connectivity index (χ2v) is 20.9. The van der Waals surface area contributed by atoms with Crippen LogP contribution >= 0.6 is 7.82 Å². The van der Waals surface area contributed by atoms with Crippen molar-refractivity contribution in [3.05, 3.63) is 85.1 Å². The van der Waals surface area contributed by atoms with Crippen LogP contribution in [0.3, 0.4) is 0 Å². The van der Waals surface area contributed by atoms with Crippen LogP contribution in [0.4, 0.5) is 0 Å². The van der Waals surface area contributed by atoms with E-state index in [0.717, 1.165) is 141 Å². The molecular weight excluding hydrogens is 952 g/mol. The normalized spacial score (nSPS) is 14.0. The lowest BCUT2D eigenvalue weighted by molar-refractivity contribution is -0.161. The van der Waals surface area contributed by atoms with Crippen molar-refractivity contribution >= 4 is 25.7 Å². The lowest BCUT2D eigenvalue weighted by Crippen LogP contribution is -2.30. The Morgan fingerprint density at radius 2 is 0.703 bits per heavy atom. The van der Waals surface area contributed by atoms with Crippen LogP contribution in [0.15, 0.2) is 85.1 Å². The van der Waals surface area contributed by atoms with Crippen molar-refractivity contribution in [2.24, 2.45) is 0 Å². The fourth-order valence-corrected chi connectivity index (χ4v) is 8.57. The Bertz CT molecular complexity index is 1560. The quantitative estimate of drug-likeness (QED) is 0.0197. The molecule has 12 heteroatoms. The minimum Gasteiger partial charge on any atom is -0.462 e. The van der Waals surface area contributed by atoms with Crippen molar-refractivity contribution in [1.29, 1.82) is 0 Å². The molecule has 0 aliphatic rings. The van der Waals surface area contributed by atoms with Crippen LogP contribution in [-0.4, -0.2) is 66.5 Å². The molecule has 0 saturated heterocycles. The van der Waals surface area contributed by atoms with Gasteiger partial charge in [0, 0.05) is 19.3 Å². The fraction of sp³-hybridized carbons (Fsp3) is 0.726. The predicted molar refractivity (Wildman–Crippen MR) is 307 cm³/mol. The summed E-state index contributed by atoms with van der Waals surface area (Å²) < 4.78 is 39.5. The maximum absolute atomic E-state index is 12.9. The van der Waals surface area contributed by atoms with Gasteiger partial charge in [0.2, 0.25) is 0 Å². The number of rotatable bonds is 54. The molecule has 74 heavy (non-hydrogen) atoms. The van der Waals surface area contributed by atoms with Gasteiger partial charge >= 0.3 is 25.7 Å². The van der Waals surface area contributed by atoms with Crippen molar-refractivity contribution in [2.75, 3.05) is 26.4 Å². The zero-order chi connectivity index (χ0) is 54.1. The first-order chi connectivity index (χ1) is 36.2. The van der Waals surface area contributed by atoms with Gasteiger partial charge in [-0.15, -0.1) is 0 Å². The number of phosphoric acid groups is 1. The first kappa shape index (κ1) is 70.7. The third kappa shape index (κ3) is 53.5. The van der Waals surface area contributed by atoms with E-state index in [1.54, 1.807) is 0 Å². The zero-order valence-corrected chi connectivity index (χ0v) is 47.9. The molecule has 0 aromatic heterocycles. The number of hydrogen-bond acceptors (Lipinski definition) is 10. The first-order valence-electron chi connectivity index (χ1n) is 29.5. The van der Waals surface area contributed by atoms with Crippen molar-refractivity contribution in [3.63, 3.8) is 0 Å². The van der Waals surface area contributed by atoms with Gasteiger partial charge in [-0.2, -0.15) is 0 Å². The number of allylic oxidation sites excluding steroid dienone is 14. The second-order valence-electron chi connectivity index (χ2n) is 19.4. The molecule has 0 aliphatic heterocycles. The zero-order valence-electron chi connectivity index (χ0n) is 47.0. The molecule has 426 valence electrons. The van der Waals surface area contributed by atoms with Gasteiger partial charge in [-0.05, 0) is 116 Å². The number of ether oxygens (including phenoxy) is 3. The summed E-state index contributed by atoms with van der Waals surface area (Å²) in [4.78, 5) is 48.6. The standard InChI is InChI=1S/C62H107O11P/c1-4-7-10-13-16-19-22-25-27-28-29-30-32-35-38-41-44-47-50-53-62(66)73-59(55-69-60(64)51-48-45-42-39-36-33-24-21-18-15-12-9-6-3)57-71-74(67,68)70-56-58(54-63)72-61(65)52-49-46-43-40-37-34-31-26-23-20-17-14-11-8-5-2/h8,11,16-17,19-21,24-27,29-31,58-59,63H,4-7,9-10,12-15,18,22-23,28,32-57H2,1-3H3,(H,67,68)/b11-8-,19-16-,20-17-,24-21-,27-25-,30-29-,31-26-. The number of unbranched alkanes of at least 4 members (excludes halogenated alkanes) is 23. The van der Waals surface area contributed by atoms with Gasteiger partial charge in [-0.1, -0.05) is 202 Å². The van der Waals surface area contributed by atoms with Crippen LogP contribution in [-0.2, 0) is 42.2 Å². The van der Waals surface area contributed by atoms with Gasteiger partial charge in [0.05, 0.1) is 19.8 Å². The highest BCUT2D eigenvalue weighted by Gasteiger charge is 2.28. The van der Waals surface area contributed by atoms with E-state index >= 15 is 0 Å². The summed E-state index contributed by atoms with van der Waals surface area (Å²) in [6, 6.07) is 0. The van der Waals surface area contributed by atoms with Crippen molar-refractivity contribution in [3.8, 4) is 0 Å². The molecule has 0 radical (unpaired) electrons. The molecule has 0 fully saturated rings. The van der Waals surface area contributed by atoms with E-state index in [9.17, 15) is 28.9 Å². The highest BCUT2D eigenvalue weighted by Crippen LogP contribution is 2.43. The van der Waals surface area contributed by atoms with Gasteiger partial charge in [-0.25, -0.2) is 4.57 Å². The number of hydrogen-bond donors (Lipinski definition) is 2. The number of carbonyl (C=O) groups excluding carboxylic acids is 3. The second kappa shape index (κ2) is 55.9. The Hall–Kier alpha value is -3.34. The smallest absolute Gasteiger partial charge is 0.462 e. The van der Waals surface area contributed by atoms with E-state index in [2.05, 4.69) is 106 Å². The molecular formula is C62H107O11P. The minimum atomic E-state index is -4.76. The van der Waals surface area contributed by atoms with Crippen LogP contribution in [0.1, 0.15) is 252 Å². The molecule has 0 aliphatic carbocycles. The largest absolute Gasteiger partial charge is 0.472 e. The molecule has 0 rings (SSSR count). The number of aliphatic hydroxyl groups excluding tert-OH is 1. The van der Waals surface area contributed by atoms with E-state index < -0.39 is 57.8 Å². The third-order valence-corrected chi connectivity index (χ3v) is 13.2. The maximum atomic E-state index is 12.9. The molecule has 3 unspecified atom stereocenters. The number of esters is 3. The monoisotopic (exact) mass is 1060 g/mol. The minimum absolute atomic E-state index is 0.147. The summed E-state index contributed by atoms with van der Waals surface area (Å²) in [5.74, 6) is -1.51. The van der Waals surface area contributed by atoms with Crippen LogP contribution in [0.25, 0.3) is 0 Å². The molecule has 0 saturated carbocycles. The average molecular weight is 1060 g/mol. The van der Waals surface area contributed by atoms with Crippen LogP contribution in [0.5, 0.6) is 0 Å². The highest BCUT2D eigenvalue weighted by molar-refractivity contribution is 7.47. The Kier molecular flexibility index (Phi) is 53.4. The molecule has 0 bridgehead atoms. The molecule has 0 aromatic carbocycles. The van der Waals surface area contributed by atoms with Crippen LogP contribution in [0, 0.1) is 0 Å². The fourth-order valence-electron chi connectivity index (χ4n) is 7.78. The number of aliphatic hydroxyl groups is 1. The third-order valence-electron chi connectivity index (χ3n) is 12.3. The van der Waals surface area contributed by atoms with E-state index in [4.69, 9.17) is 23.3 Å². The maximum Gasteiger partial charge on any atom is 0.472 e. The van der Waals surface area contributed by atoms with Crippen molar-refractivity contribution in [2.45, 2.75) is 264 Å². The van der Waals surface area contributed by atoms with Crippen molar-refractivity contribution in [1.82, 2.24) is 0 Å². The van der Waals surface area contributed by atoms with E-state index in [-0.39, 0.29) is 25.9 Å². The Balaban J connectivity index is 4.76. The predicted octanol–water partition coefficient (Wildman–Crippen LogP) is 17.5. The molecule has 0 heterocycles. The molecule has 0 aromatic rings. The Labute approximate surface area is 451 Å². The Morgan fingerprint density at radius 1 is 0.392 bits per heavy atom. The summed E-state index contributed by atoms with van der Waals surface area (Å²) in [6.45, 7) is 4.45. The van der Waals surface area contributed by atoms with Gasteiger partial charge < -0.3 is 24.2 Å². The van der Waals surface area contributed by atoms with E-state index in [0.29, 0.717) is 19.3 Å². The lowest BCUT2D eigenvalue weighted by Gasteiger charge is -2.21. The number of phosphoric ester groups is 1.